The van der Waals surface area contributed by atoms with Gasteiger partial charge in [0.05, 0.1) is 16.3 Å². The van der Waals surface area contributed by atoms with Crippen LogP contribution in [0.2, 0.25) is 0 Å². The van der Waals surface area contributed by atoms with Crippen LogP contribution in [0.4, 0.5) is 11.4 Å². The number of nitrogens with zero attached hydrogens (tertiary/aromatic N) is 1. The molecule has 2 heterocycles. The number of rotatable bonds is 6. The fourth-order valence-electron chi connectivity index (χ4n) is 3.62. The summed E-state index contributed by atoms with van der Waals surface area (Å²) < 4.78 is 0. The minimum Gasteiger partial charge on any atom is -0.351 e. The Kier molecular flexibility index (Phi) is 6.31. The monoisotopic (exact) mass is 462 g/mol. The number of nitrogens with two attached hydrogens (primary N) is 1. The molecule has 0 aliphatic carbocycles. The highest BCUT2D eigenvalue weighted by molar-refractivity contribution is 7.12. The van der Waals surface area contributed by atoms with Gasteiger partial charge in [-0.3, -0.25) is 19.3 Å². The second-order valence-corrected chi connectivity index (χ2v) is 9.69. The van der Waals surface area contributed by atoms with Gasteiger partial charge in [-0.1, -0.05) is 50.2 Å². The zero-order valence-corrected chi connectivity index (χ0v) is 19.3. The topological polar surface area (TPSA) is 105 Å². The van der Waals surface area contributed by atoms with Gasteiger partial charge in [0.15, 0.2) is 0 Å². The van der Waals surface area contributed by atoms with Crippen molar-refractivity contribution >= 4 is 40.4 Å². The van der Waals surface area contributed by atoms with Crippen LogP contribution >= 0.6 is 11.3 Å². The molecule has 170 valence electrons. The molecule has 1 atom stereocenters. The Morgan fingerprint density at radius 1 is 1.12 bits per heavy atom. The Bertz CT molecular complexity index is 1180. The van der Waals surface area contributed by atoms with Crippen LogP contribution < -0.4 is 21.3 Å². The maximum absolute atomic E-state index is 13.5. The number of thiophene rings is 1. The van der Waals surface area contributed by atoms with E-state index < -0.39 is 6.04 Å². The third kappa shape index (κ3) is 4.67. The molecule has 3 aromatic rings. The second-order valence-electron chi connectivity index (χ2n) is 8.74. The normalized spacial score (nSPS) is 15.5. The number of carbonyl (C=O) groups is 3. The molecule has 3 amide bonds. The van der Waals surface area contributed by atoms with E-state index in [1.54, 1.807) is 30.3 Å². The summed E-state index contributed by atoms with van der Waals surface area (Å²) in [5.41, 5.74) is 7.57. The molecule has 0 saturated carbocycles. The Morgan fingerprint density at radius 3 is 2.55 bits per heavy atom. The molecule has 0 spiro atoms. The van der Waals surface area contributed by atoms with Gasteiger partial charge in [-0.05, 0) is 47.2 Å². The molecule has 2 aromatic carbocycles. The minimum atomic E-state index is -0.821. The molecule has 1 unspecified atom stereocenters. The number of hydrogen-bond donors (Lipinski definition) is 3. The van der Waals surface area contributed by atoms with Crippen LogP contribution in [0.25, 0.3) is 0 Å². The number of hydrogen-bond acceptors (Lipinski definition) is 5. The predicted octanol–water partition coefficient (Wildman–Crippen LogP) is 3.80. The molecule has 4 N–H and O–H groups in total. The number of nitrogens with one attached hydrogen (secondary N) is 2. The van der Waals surface area contributed by atoms with Crippen LogP contribution in [0.5, 0.6) is 0 Å². The number of fused-ring (bicyclic) bond motifs is 1. The van der Waals surface area contributed by atoms with Crippen molar-refractivity contribution in [3.05, 3.63) is 82.0 Å². The summed E-state index contributed by atoms with van der Waals surface area (Å²) in [6.07, 6.45) is 0. The zero-order valence-electron chi connectivity index (χ0n) is 18.5. The van der Waals surface area contributed by atoms with Crippen LogP contribution in [-0.4, -0.2) is 30.8 Å². The van der Waals surface area contributed by atoms with E-state index in [2.05, 4.69) is 10.6 Å². The van der Waals surface area contributed by atoms with E-state index in [0.717, 1.165) is 0 Å². The van der Waals surface area contributed by atoms with Gasteiger partial charge < -0.3 is 16.4 Å². The second kappa shape index (κ2) is 9.17. The number of benzene rings is 2. The summed E-state index contributed by atoms with van der Waals surface area (Å²) in [5, 5.41) is 7.60. The van der Waals surface area contributed by atoms with E-state index >= 15 is 0 Å². The van der Waals surface area contributed by atoms with E-state index in [0.29, 0.717) is 40.5 Å². The third-order valence-corrected chi connectivity index (χ3v) is 6.49. The number of carbonyl (C=O) groups excluding carboxylic acids is 3. The van der Waals surface area contributed by atoms with Crippen molar-refractivity contribution in [3.63, 3.8) is 0 Å². The average molecular weight is 463 g/mol. The molecule has 33 heavy (non-hydrogen) atoms. The first kappa shape index (κ1) is 22.7. The standard InChI is InChI=1S/C25H26N4O3S/c1-25(2,14-26)15-27-22(30)17-10-11-19-18(13-17)28-23(31)21(16-7-4-3-5-8-16)29(19)24(32)20-9-6-12-33-20/h3-13,21H,14-15,26H2,1-2H3,(H,27,30)(H,28,31). The number of amides is 3. The minimum absolute atomic E-state index is 0.231. The lowest BCUT2D eigenvalue weighted by Gasteiger charge is -2.36. The van der Waals surface area contributed by atoms with Crippen LogP contribution in [0, 0.1) is 5.41 Å². The summed E-state index contributed by atoms with van der Waals surface area (Å²) in [5.74, 6) is -0.868. The van der Waals surface area contributed by atoms with E-state index in [-0.39, 0.29) is 23.1 Å². The molecule has 1 aromatic heterocycles. The maximum atomic E-state index is 13.5. The molecule has 0 saturated heterocycles. The molecule has 8 heteroatoms. The largest absolute Gasteiger partial charge is 0.351 e. The summed E-state index contributed by atoms with van der Waals surface area (Å²) in [6, 6.07) is 16.9. The predicted molar refractivity (Wildman–Crippen MR) is 131 cm³/mol. The molecular weight excluding hydrogens is 436 g/mol. The summed E-state index contributed by atoms with van der Waals surface area (Å²) in [6.45, 7) is 4.80. The first-order valence-corrected chi connectivity index (χ1v) is 11.5. The van der Waals surface area contributed by atoms with E-state index in [1.165, 1.54) is 16.2 Å². The van der Waals surface area contributed by atoms with Gasteiger partial charge in [-0.2, -0.15) is 0 Å². The van der Waals surface area contributed by atoms with Crippen molar-refractivity contribution in [1.82, 2.24) is 5.32 Å². The summed E-state index contributed by atoms with van der Waals surface area (Å²) >= 11 is 1.32. The van der Waals surface area contributed by atoms with E-state index in [4.69, 9.17) is 5.73 Å². The van der Waals surface area contributed by atoms with Gasteiger partial charge in [0.2, 0.25) is 0 Å². The van der Waals surface area contributed by atoms with Crippen LogP contribution in [0.3, 0.4) is 0 Å². The first-order chi connectivity index (χ1) is 15.8. The van der Waals surface area contributed by atoms with Crippen molar-refractivity contribution in [2.75, 3.05) is 23.3 Å². The Hall–Kier alpha value is -3.49. The van der Waals surface area contributed by atoms with E-state index in [9.17, 15) is 14.4 Å². The molecule has 0 bridgehead atoms. The van der Waals surface area contributed by atoms with Crippen LogP contribution in [0.15, 0.2) is 66.0 Å². The fourth-order valence-corrected chi connectivity index (χ4v) is 4.28. The lowest BCUT2D eigenvalue weighted by atomic mass is 9.94. The molecule has 7 nitrogen and oxygen atoms in total. The quantitative estimate of drug-likeness (QED) is 0.518. The van der Waals surface area contributed by atoms with Gasteiger partial charge in [0, 0.05) is 12.1 Å². The zero-order chi connectivity index (χ0) is 23.6. The SMILES string of the molecule is CC(C)(CN)CNC(=O)c1ccc2c(c1)NC(=O)C(c1ccccc1)N2C(=O)c1cccs1. The van der Waals surface area contributed by atoms with Gasteiger partial charge in [-0.15, -0.1) is 11.3 Å². The van der Waals surface area contributed by atoms with Gasteiger partial charge in [0.1, 0.15) is 6.04 Å². The molecule has 1 aliphatic heterocycles. The van der Waals surface area contributed by atoms with Crippen molar-refractivity contribution in [2.24, 2.45) is 11.1 Å². The third-order valence-electron chi connectivity index (χ3n) is 5.63. The maximum Gasteiger partial charge on any atom is 0.269 e. The van der Waals surface area contributed by atoms with Gasteiger partial charge in [0.25, 0.3) is 17.7 Å². The molecular formula is C25H26N4O3S. The van der Waals surface area contributed by atoms with E-state index in [1.807, 2.05) is 49.6 Å². The average Bonchev–Trinajstić information content (AvgIpc) is 3.36. The molecule has 0 radical (unpaired) electrons. The first-order valence-electron chi connectivity index (χ1n) is 10.7. The summed E-state index contributed by atoms with van der Waals surface area (Å²) in [4.78, 5) is 41.4. The summed E-state index contributed by atoms with van der Waals surface area (Å²) in [7, 11) is 0. The Balaban J connectivity index is 1.71. The highest BCUT2D eigenvalue weighted by Crippen LogP contribution is 2.40. The van der Waals surface area contributed by atoms with Crippen molar-refractivity contribution < 1.29 is 14.4 Å². The molecule has 4 rings (SSSR count). The van der Waals surface area contributed by atoms with Crippen molar-refractivity contribution in [3.8, 4) is 0 Å². The lowest BCUT2D eigenvalue weighted by molar-refractivity contribution is -0.117. The fraction of sp³-hybridized carbons (Fsp3) is 0.240. The lowest BCUT2D eigenvalue weighted by Crippen LogP contribution is -2.45. The number of anilines is 2. The van der Waals surface area contributed by atoms with Crippen LogP contribution in [-0.2, 0) is 4.79 Å². The smallest absolute Gasteiger partial charge is 0.269 e. The highest BCUT2D eigenvalue weighted by Gasteiger charge is 2.39. The van der Waals surface area contributed by atoms with Gasteiger partial charge >= 0.3 is 0 Å². The Morgan fingerprint density at radius 2 is 1.88 bits per heavy atom. The highest BCUT2D eigenvalue weighted by atomic mass is 32.1. The van der Waals surface area contributed by atoms with Gasteiger partial charge in [-0.25, -0.2) is 0 Å². The van der Waals surface area contributed by atoms with Crippen molar-refractivity contribution in [2.45, 2.75) is 19.9 Å². The van der Waals surface area contributed by atoms with Crippen molar-refractivity contribution in [1.29, 1.82) is 0 Å². The Labute approximate surface area is 196 Å². The van der Waals surface area contributed by atoms with Crippen LogP contribution in [0.1, 0.15) is 45.5 Å². The molecule has 0 fully saturated rings. The molecule has 1 aliphatic rings.